The number of anilines is 6. The van der Waals surface area contributed by atoms with Gasteiger partial charge in [0.15, 0.2) is 0 Å². The molecule has 0 radical (unpaired) electrons. The zero-order chi connectivity index (χ0) is 41.2. The average molecular weight is 783 g/mol. The lowest BCUT2D eigenvalue weighted by molar-refractivity contribution is 0.775. The lowest BCUT2D eigenvalue weighted by Gasteiger charge is -2.37. The molecule has 0 aliphatic heterocycles. The van der Waals surface area contributed by atoms with Crippen LogP contribution in [0.4, 0.5) is 34.1 Å². The Balaban J connectivity index is 1.26. The average Bonchev–Trinajstić information content (AvgIpc) is 3.52. The molecule has 1 spiro atoms. The first-order valence-corrected chi connectivity index (χ1v) is 21.3. The first-order chi connectivity index (χ1) is 29.9. The summed E-state index contributed by atoms with van der Waals surface area (Å²) in [6.07, 6.45) is 0. The lowest BCUT2D eigenvalue weighted by atomic mass is 9.65. The van der Waals surface area contributed by atoms with Gasteiger partial charge in [0, 0.05) is 34.1 Å². The zero-order valence-corrected chi connectivity index (χ0v) is 35.0. The van der Waals surface area contributed by atoms with Crippen LogP contribution in [0.3, 0.4) is 0 Å². The van der Waals surface area contributed by atoms with Crippen molar-refractivity contribution in [3.05, 3.63) is 251 Å². The van der Waals surface area contributed by atoms with Crippen molar-refractivity contribution in [1.29, 1.82) is 0 Å². The summed E-state index contributed by atoms with van der Waals surface area (Å²) in [5, 5.41) is 0. The van der Waals surface area contributed by atoms with Gasteiger partial charge in [0.2, 0.25) is 0 Å². The molecule has 61 heavy (non-hydrogen) atoms. The highest BCUT2D eigenvalue weighted by molar-refractivity contribution is 5.99. The molecule has 0 saturated carbocycles. The summed E-state index contributed by atoms with van der Waals surface area (Å²) in [6, 6.07) is 77.0. The van der Waals surface area contributed by atoms with E-state index in [9.17, 15) is 0 Å². The van der Waals surface area contributed by atoms with E-state index in [0.717, 1.165) is 22.7 Å². The van der Waals surface area contributed by atoms with Crippen LogP contribution < -0.4 is 9.80 Å². The Hall–Kier alpha value is -7.42. The third kappa shape index (κ3) is 5.70. The van der Waals surface area contributed by atoms with E-state index in [-0.39, 0.29) is 0 Å². The number of aryl methyl sites for hydroxylation is 4. The highest BCUT2D eigenvalue weighted by Crippen LogP contribution is 2.63. The molecule has 2 aliphatic carbocycles. The predicted molar refractivity (Wildman–Crippen MR) is 256 cm³/mol. The molecular weight excluding hydrogens is 737 g/mol. The molecule has 0 unspecified atom stereocenters. The number of hydrogen-bond donors (Lipinski definition) is 0. The summed E-state index contributed by atoms with van der Waals surface area (Å²) in [5.74, 6) is 0. The normalized spacial score (nSPS) is 12.7. The van der Waals surface area contributed by atoms with Crippen LogP contribution in [0.2, 0.25) is 0 Å². The second-order valence-electron chi connectivity index (χ2n) is 16.8. The molecule has 0 amide bonds. The molecule has 0 fully saturated rings. The predicted octanol–water partition coefficient (Wildman–Crippen LogP) is 15.9. The Bertz CT molecular complexity index is 2930. The van der Waals surface area contributed by atoms with E-state index >= 15 is 0 Å². The Labute approximate surface area is 359 Å². The van der Waals surface area contributed by atoms with E-state index in [1.165, 1.54) is 89.3 Å². The van der Waals surface area contributed by atoms with Gasteiger partial charge >= 0.3 is 0 Å². The van der Waals surface area contributed by atoms with Gasteiger partial charge < -0.3 is 9.80 Å². The fraction of sp³-hybridized carbons (Fsp3) is 0.0847. The number of fused-ring (bicyclic) bond motifs is 12. The Morgan fingerprint density at radius 3 is 1.05 bits per heavy atom. The largest absolute Gasteiger partial charge is 0.310 e. The maximum absolute atomic E-state index is 2.50. The van der Waals surface area contributed by atoms with Crippen LogP contribution in [0.25, 0.3) is 33.4 Å². The Morgan fingerprint density at radius 1 is 0.279 bits per heavy atom. The first kappa shape index (κ1) is 36.6. The number of rotatable bonds is 6. The van der Waals surface area contributed by atoms with Crippen LogP contribution in [0, 0.1) is 27.7 Å². The summed E-state index contributed by atoms with van der Waals surface area (Å²) >= 11 is 0. The molecule has 9 aromatic rings. The highest BCUT2D eigenvalue weighted by Gasteiger charge is 2.50. The minimum absolute atomic E-state index is 0.668. The molecule has 0 N–H and O–H groups in total. The molecule has 2 heteroatoms. The number of nitrogens with zero attached hydrogens (tertiary/aromatic N) is 2. The van der Waals surface area contributed by atoms with E-state index in [2.05, 4.69) is 244 Å². The van der Waals surface area contributed by atoms with Crippen LogP contribution in [-0.2, 0) is 5.41 Å². The fourth-order valence-electron chi connectivity index (χ4n) is 10.5. The van der Waals surface area contributed by atoms with E-state index in [4.69, 9.17) is 0 Å². The molecule has 0 aromatic heterocycles. The molecule has 0 bridgehead atoms. The Kier molecular flexibility index (Phi) is 8.65. The van der Waals surface area contributed by atoms with Crippen molar-refractivity contribution in [2.45, 2.75) is 33.1 Å². The van der Waals surface area contributed by atoms with Crippen molar-refractivity contribution in [1.82, 2.24) is 0 Å². The van der Waals surface area contributed by atoms with Crippen molar-refractivity contribution in [3.8, 4) is 33.4 Å². The summed E-state index contributed by atoms with van der Waals surface area (Å²) in [4.78, 5) is 4.88. The van der Waals surface area contributed by atoms with Gasteiger partial charge in [-0.15, -0.1) is 0 Å². The standard InChI is InChI=1S/C59H46N2/c1-39-27-33-57(41(3)35-39)60(43-17-7-5-8-18-43)45-29-31-51-52-32-30-46(61(44-19-9-6-10-20-44)58-34-28-40(2)36-42(58)4)38-56(52)59(55(51)37-45)53-25-15-13-23-49(53)47-21-11-12-22-48(47)50-24-14-16-26-54(50)59/h5-38H,1-4H3. The van der Waals surface area contributed by atoms with Gasteiger partial charge in [-0.2, -0.15) is 0 Å². The van der Waals surface area contributed by atoms with Gasteiger partial charge in [0.1, 0.15) is 0 Å². The van der Waals surface area contributed by atoms with Crippen LogP contribution in [0.15, 0.2) is 206 Å². The van der Waals surface area contributed by atoms with Crippen molar-refractivity contribution in [3.63, 3.8) is 0 Å². The second-order valence-corrected chi connectivity index (χ2v) is 16.8. The minimum atomic E-state index is -0.668. The van der Waals surface area contributed by atoms with E-state index < -0.39 is 5.41 Å². The summed E-state index contributed by atoms with van der Waals surface area (Å²) in [7, 11) is 0. The minimum Gasteiger partial charge on any atom is -0.310 e. The van der Waals surface area contributed by atoms with Crippen molar-refractivity contribution < 1.29 is 0 Å². The SMILES string of the molecule is Cc1ccc(N(c2ccccc2)c2ccc3c(c2)C2(c4ccccc4-c4ccccc4-c4ccccc42)c2cc(N(c4ccccc4)c4ccc(C)cc4C)ccc2-3)c(C)c1. The summed E-state index contributed by atoms with van der Waals surface area (Å²) < 4.78 is 0. The number of benzene rings is 9. The van der Waals surface area contributed by atoms with E-state index in [0.29, 0.717) is 0 Å². The van der Waals surface area contributed by atoms with Crippen molar-refractivity contribution in [2.24, 2.45) is 0 Å². The van der Waals surface area contributed by atoms with Crippen molar-refractivity contribution >= 4 is 34.1 Å². The van der Waals surface area contributed by atoms with E-state index in [1.807, 2.05) is 0 Å². The van der Waals surface area contributed by atoms with Crippen LogP contribution in [0.5, 0.6) is 0 Å². The smallest absolute Gasteiger partial charge is 0.0727 e. The molecule has 11 rings (SSSR count). The van der Waals surface area contributed by atoms with Crippen molar-refractivity contribution in [2.75, 3.05) is 9.80 Å². The van der Waals surface area contributed by atoms with Crippen LogP contribution in [0.1, 0.15) is 44.5 Å². The second kappa shape index (κ2) is 14.4. The molecule has 0 saturated heterocycles. The molecule has 2 nitrogen and oxygen atoms in total. The quantitative estimate of drug-likeness (QED) is 0.166. The third-order valence-electron chi connectivity index (χ3n) is 13.0. The molecular formula is C59H46N2. The van der Waals surface area contributed by atoms with Gasteiger partial charge in [-0.3, -0.25) is 0 Å². The maximum atomic E-state index is 2.50. The molecule has 2 aliphatic rings. The monoisotopic (exact) mass is 782 g/mol. The van der Waals surface area contributed by atoms with Gasteiger partial charge in [0.05, 0.1) is 5.41 Å². The molecule has 292 valence electrons. The van der Waals surface area contributed by atoms with Gasteiger partial charge in [-0.25, -0.2) is 0 Å². The van der Waals surface area contributed by atoms with Crippen LogP contribution >= 0.6 is 0 Å². The molecule has 0 atom stereocenters. The lowest BCUT2D eigenvalue weighted by Crippen LogP contribution is -2.30. The fourth-order valence-corrected chi connectivity index (χ4v) is 10.5. The molecule has 0 heterocycles. The Morgan fingerprint density at radius 2 is 0.639 bits per heavy atom. The maximum Gasteiger partial charge on any atom is 0.0727 e. The van der Waals surface area contributed by atoms with Gasteiger partial charge in [0.25, 0.3) is 0 Å². The van der Waals surface area contributed by atoms with E-state index in [1.54, 1.807) is 0 Å². The number of para-hydroxylation sites is 2. The molecule has 9 aromatic carbocycles. The van der Waals surface area contributed by atoms with Gasteiger partial charge in [-0.05, 0) is 155 Å². The third-order valence-corrected chi connectivity index (χ3v) is 13.0. The topological polar surface area (TPSA) is 6.48 Å². The zero-order valence-electron chi connectivity index (χ0n) is 35.0. The highest BCUT2D eigenvalue weighted by atomic mass is 15.2. The summed E-state index contributed by atoms with van der Waals surface area (Å²) in [6.45, 7) is 8.81. The summed E-state index contributed by atoms with van der Waals surface area (Å²) in [5.41, 5.74) is 23.9. The van der Waals surface area contributed by atoms with Crippen LogP contribution in [-0.4, -0.2) is 0 Å². The number of hydrogen-bond acceptors (Lipinski definition) is 2. The first-order valence-electron chi connectivity index (χ1n) is 21.3. The van der Waals surface area contributed by atoms with Gasteiger partial charge in [-0.1, -0.05) is 157 Å².